The van der Waals surface area contributed by atoms with Gasteiger partial charge in [-0.25, -0.2) is 0 Å². The summed E-state index contributed by atoms with van der Waals surface area (Å²) in [6.07, 6.45) is 1.86. The summed E-state index contributed by atoms with van der Waals surface area (Å²) in [6, 6.07) is 3.64. The summed E-state index contributed by atoms with van der Waals surface area (Å²) in [5.41, 5.74) is 6.50. The molecule has 5 heteroatoms. The van der Waals surface area contributed by atoms with Gasteiger partial charge in [0.1, 0.15) is 0 Å². The number of hydrogen-bond donors (Lipinski definition) is 1. The van der Waals surface area contributed by atoms with E-state index < -0.39 is 0 Å². The summed E-state index contributed by atoms with van der Waals surface area (Å²) < 4.78 is 15.9. The van der Waals surface area contributed by atoms with E-state index in [9.17, 15) is 0 Å². The monoisotopic (exact) mass is 273 g/mol. The van der Waals surface area contributed by atoms with Crippen LogP contribution in [0, 0.1) is 0 Å². The van der Waals surface area contributed by atoms with Gasteiger partial charge < -0.3 is 19.9 Å². The van der Waals surface area contributed by atoms with Crippen LogP contribution in [0.25, 0.3) is 0 Å². The number of benzene rings is 1. The fourth-order valence-electron chi connectivity index (χ4n) is 1.55. The van der Waals surface area contributed by atoms with E-state index in [1.807, 2.05) is 6.07 Å². The second-order valence-corrected chi connectivity index (χ2v) is 4.27. The molecule has 0 amide bonds. The van der Waals surface area contributed by atoms with Gasteiger partial charge in [0.25, 0.3) is 0 Å². The Labute approximate surface area is 113 Å². The van der Waals surface area contributed by atoms with Crippen LogP contribution in [0.15, 0.2) is 12.1 Å². The number of rotatable bonds is 8. The van der Waals surface area contributed by atoms with Gasteiger partial charge in [-0.3, -0.25) is 0 Å². The number of methoxy groups -OCH3 is 2. The molecule has 0 heterocycles. The molecule has 0 aliphatic carbocycles. The molecule has 0 saturated carbocycles. The van der Waals surface area contributed by atoms with Crippen molar-refractivity contribution in [2.75, 3.05) is 27.4 Å². The Hall–Kier alpha value is -0.970. The van der Waals surface area contributed by atoms with Gasteiger partial charge in [-0.15, -0.1) is 0 Å². The van der Waals surface area contributed by atoms with Crippen LogP contribution >= 0.6 is 11.6 Å². The second kappa shape index (κ2) is 8.19. The lowest BCUT2D eigenvalue weighted by Crippen LogP contribution is -2.03. The third-order valence-corrected chi connectivity index (χ3v) is 2.79. The highest BCUT2D eigenvalue weighted by atomic mass is 35.5. The first-order valence-electron chi connectivity index (χ1n) is 5.91. The molecule has 1 aromatic carbocycles. The number of ether oxygens (including phenoxy) is 3. The van der Waals surface area contributed by atoms with E-state index in [1.54, 1.807) is 20.3 Å². The predicted octanol–water partition coefficient (Wildman–Crippen LogP) is 2.61. The van der Waals surface area contributed by atoms with Gasteiger partial charge >= 0.3 is 0 Å². The van der Waals surface area contributed by atoms with Crippen LogP contribution in [-0.4, -0.2) is 27.4 Å². The average molecular weight is 274 g/mol. The molecule has 102 valence electrons. The zero-order chi connectivity index (χ0) is 13.4. The molecule has 1 aromatic rings. The Morgan fingerprint density at radius 1 is 1.17 bits per heavy atom. The zero-order valence-corrected chi connectivity index (χ0v) is 11.6. The topological polar surface area (TPSA) is 53.7 Å². The number of nitrogens with two attached hydrogens (primary N) is 1. The van der Waals surface area contributed by atoms with Crippen LogP contribution < -0.4 is 15.2 Å². The van der Waals surface area contributed by atoms with Crippen molar-refractivity contribution in [2.45, 2.75) is 19.4 Å². The molecule has 0 aliphatic rings. The summed E-state index contributed by atoms with van der Waals surface area (Å²) >= 11 is 6.15. The Balaban J connectivity index is 2.63. The number of hydrogen-bond acceptors (Lipinski definition) is 4. The molecular formula is C13H20ClNO3. The van der Waals surface area contributed by atoms with Crippen molar-refractivity contribution in [3.63, 3.8) is 0 Å². The molecule has 4 nitrogen and oxygen atoms in total. The summed E-state index contributed by atoms with van der Waals surface area (Å²) in [6.45, 7) is 1.74. The van der Waals surface area contributed by atoms with Gasteiger partial charge in [-0.1, -0.05) is 11.6 Å². The highest BCUT2D eigenvalue weighted by Gasteiger charge is 2.11. The number of halogens is 1. The lowest BCUT2D eigenvalue weighted by molar-refractivity contribution is 0.183. The summed E-state index contributed by atoms with van der Waals surface area (Å²) in [5.74, 6) is 1.20. The van der Waals surface area contributed by atoms with Crippen LogP contribution in [0.5, 0.6) is 11.5 Å². The third-order valence-electron chi connectivity index (χ3n) is 2.51. The van der Waals surface area contributed by atoms with Crippen molar-refractivity contribution in [3.8, 4) is 11.5 Å². The smallest absolute Gasteiger partial charge is 0.179 e. The van der Waals surface area contributed by atoms with E-state index in [2.05, 4.69) is 0 Å². The molecule has 0 aliphatic heterocycles. The van der Waals surface area contributed by atoms with Crippen molar-refractivity contribution in [1.29, 1.82) is 0 Å². The lowest BCUT2D eigenvalue weighted by Gasteiger charge is -2.13. The van der Waals surface area contributed by atoms with Gasteiger partial charge in [-0.05, 0) is 30.5 Å². The van der Waals surface area contributed by atoms with E-state index in [-0.39, 0.29) is 0 Å². The Morgan fingerprint density at radius 2 is 1.89 bits per heavy atom. The molecule has 0 radical (unpaired) electrons. The maximum atomic E-state index is 6.15. The quantitative estimate of drug-likeness (QED) is 0.740. The first-order valence-corrected chi connectivity index (χ1v) is 6.29. The van der Waals surface area contributed by atoms with E-state index in [0.717, 1.165) is 25.0 Å². The summed E-state index contributed by atoms with van der Waals surface area (Å²) in [7, 11) is 3.27. The highest BCUT2D eigenvalue weighted by Crippen LogP contribution is 2.36. The van der Waals surface area contributed by atoms with Gasteiger partial charge in [-0.2, -0.15) is 0 Å². The van der Waals surface area contributed by atoms with E-state index >= 15 is 0 Å². The second-order valence-electron chi connectivity index (χ2n) is 3.86. The largest absolute Gasteiger partial charge is 0.493 e. The van der Waals surface area contributed by atoms with Crippen molar-refractivity contribution in [2.24, 2.45) is 5.73 Å². The Morgan fingerprint density at radius 3 is 2.50 bits per heavy atom. The molecule has 18 heavy (non-hydrogen) atoms. The number of unbranched alkanes of at least 4 members (excludes halogenated alkanes) is 1. The molecule has 0 unspecified atom stereocenters. The standard InChI is InChI=1S/C13H20ClNO3/c1-16-5-3-4-6-18-13-11(14)7-10(9-15)8-12(13)17-2/h7-8H,3-6,9,15H2,1-2H3. The van der Waals surface area contributed by atoms with Gasteiger partial charge in [0.2, 0.25) is 0 Å². The minimum absolute atomic E-state index is 0.421. The SMILES string of the molecule is COCCCCOc1c(Cl)cc(CN)cc1OC. The van der Waals surface area contributed by atoms with E-state index in [1.165, 1.54) is 0 Å². The third kappa shape index (κ3) is 4.37. The molecule has 0 spiro atoms. The molecule has 1 rings (SSSR count). The summed E-state index contributed by atoms with van der Waals surface area (Å²) in [5, 5.41) is 0.529. The minimum atomic E-state index is 0.421. The van der Waals surface area contributed by atoms with Crippen LogP contribution in [0.4, 0.5) is 0 Å². The average Bonchev–Trinajstić information content (AvgIpc) is 2.39. The molecule has 2 N–H and O–H groups in total. The lowest BCUT2D eigenvalue weighted by atomic mass is 10.2. The van der Waals surface area contributed by atoms with Crippen LogP contribution in [-0.2, 0) is 11.3 Å². The van der Waals surface area contributed by atoms with Crippen molar-refractivity contribution < 1.29 is 14.2 Å². The molecule has 0 bridgehead atoms. The maximum absolute atomic E-state index is 6.15. The normalized spacial score (nSPS) is 10.4. The fourth-order valence-corrected chi connectivity index (χ4v) is 1.84. The van der Waals surface area contributed by atoms with Crippen molar-refractivity contribution in [1.82, 2.24) is 0 Å². The molecule has 0 fully saturated rings. The van der Waals surface area contributed by atoms with Gasteiger partial charge in [0, 0.05) is 20.3 Å². The van der Waals surface area contributed by atoms with Crippen LogP contribution in [0.2, 0.25) is 5.02 Å². The Kier molecular flexibility index (Phi) is 6.86. The Bertz CT molecular complexity index is 371. The van der Waals surface area contributed by atoms with Crippen molar-refractivity contribution in [3.05, 3.63) is 22.7 Å². The predicted molar refractivity (Wildman–Crippen MR) is 72.5 cm³/mol. The van der Waals surface area contributed by atoms with Crippen LogP contribution in [0.3, 0.4) is 0 Å². The maximum Gasteiger partial charge on any atom is 0.179 e. The van der Waals surface area contributed by atoms with Gasteiger partial charge in [0.15, 0.2) is 11.5 Å². The van der Waals surface area contributed by atoms with Crippen LogP contribution in [0.1, 0.15) is 18.4 Å². The first-order chi connectivity index (χ1) is 8.72. The van der Waals surface area contributed by atoms with E-state index in [4.69, 9.17) is 31.5 Å². The van der Waals surface area contributed by atoms with E-state index in [0.29, 0.717) is 29.7 Å². The fraction of sp³-hybridized carbons (Fsp3) is 0.538. The molecule has 0 atom stereocenters. The zero-order valence-electron chi connectivity index (χ0n) is 10.9. The molecular weight excluding hydrogens is 254 g/mol. The highest BCUT2D eigenvalue weighted by molar-refractivity contribution is 6.32. The molecule has 0 aromatic heterocycles. The van der Waals surface area contributed by atoms with Crippen molar-refractivity contribution >= 4 is 11.6 Å². The first kappa shape index (κ1) is 15.1. The molecule has 0 saturated heterocycles. The summed E-state index contributed by atoms with van der Waals surface area (Å²) in [4.78, 5) is 0. The van der Waals surface area contributed by atoms with Gasteiger partial charge in [0.05, 0.1) is 18.7 Å². The minimum Gasteiger partial charge on any atom is -0.493 e.